The topological polar surface area (TPSA) is 92.3 Å². The van der Waals surface area contributed by atoms with E-state index in [4.69, 9.17) is 47.4 Å². The molecule has 0 saturated heterocycles. The second kappa shape index (κ2) is 22.6. The molecule has 0 aliphatic carbocycles. The molecule has 10 nitrogen and oxygen atoms in total. The molecule has 7 aromatic carbocycles. The fourth-order valence-electron chi connectivity index (χ4n) is 6.65. The summed E-state index contributed by atoms with van der Waals surface area (Å²) in [6, 6.07) is 48.9. The molecule has 0 unspecified atom stereocenters. The van der Waals surface area contributed by atoms with E-state index >= 15 is 0 Å². The molecular weight excluding hydrogens is 809 g/mol. The molecule has 0 aliphatic rings. The molecule has 0 atom stereocenters. The number of ether oxygens (including phenoxy) is 10. The van der Waals surface area contributed by atoms with Crippen LogP contribution in [0.15, 0.2) is 152 Å². The standard InChI is InChI=1S/C54H54O10/c1-6-38-23-49(63-36-43-25-51(59-32-39-7-15-45(55-2)16-8-39)30-52(26-43)60-33-40-9-17-46(56-3)18-10-40)29-50(24-38)64-37-44-27-53(61-34-41-11-19-47(57-4)20-12-41)31-54(28-44)62-35-42-13-21-48(58-5)22-14-42/h7-31H,6,32-37H2,1-5H3. The summed E-state index contributed by atoms with van der Waals surface area (Å²) in [4.78, 5) is 0. The second-order valence-corrected chi connectivity index (χ2v) is 14.9. The van der Waals surface area contributed by atoms with Crippen molar-refractivity contribution in [3.8, 4) is 57.5 Å². The monoisotopic (exact) mass is 862 g/mol. The lowest BCUT2D eigenvalue weighted by Crippen LogP contribution is -2.03. The molecule has 0 fully saturated rings. The summed E-state index contributed by atoms with van der Waals surface area (Å²) in [5.41, 5.74) is 6.89. The predicted molar refractivity (Wildman–Crippen MR) is 247 cm³/mol. The minimum absolute atomic E-state index is 0.272. The van der Waals surface area contributed by atoms with Crippen LogP contribution in [0.1, 0.15) is 45.9 Å². The van der Waals surface area contributed by atoms with E-state index in [1.54, 1.807) is 28.4 Å². The first-order chi connectivity index (χ1) is 31.4. The Balaban J connectivity index is 1.05. The predicted octanol–water partition coefficient (Wildman–Crippen LogP) is 11.8. The van der Waals surface area contributed by atoms with Crippen LogP contribution in [0.5, 0.6) is 57.5 Å². The van der Waals surface area contributed by atoms with Gasteiger partial charge >= 0.3 is 0 Å². The largest absolute Gasteiger partial charge is 0.497 e. The Labute approximate surface area is 375 Å². The van der Waals surface area contributed by atoms with Crippen molar-refractivity contribution in [2.45, 2.75) is 53.0 Å². The minimum atomic E-state index is 0.272. The first kappa shape index (κ1) is 44.6. The lowest BCUT2D eigenvalue weighted by molar-refractivity contribution is 0.275. The van der Waals surface area contributed by atoms with Crippen LogP contribution in [0, 0.1) is 0 Å². The van der Waals surface area contributed by atoms with Gasteiger partial charge in [0.15, 0.2) is 0 Å². The maximum absolute atomic E-state index is 6.45. The van der Waals surface area contributed by atoms with E-state index in [9.17, 15) is 0 Å². The molecule has 0 radical (unpaired) electrons. The van der Waals surface area contributed by atoms with Gasteiger partial charge in [0.25, 0.3) is 0 Å². The molecule has 64 heavy (non-hydrogen) atoms. The van der Waals surface area contributed by atoms with Gasteiger partial charge in [-0.2, -0.15) is 0 Å². The third kappa shape index (κ3) is 13.3. The van der Waals surface area contributed by atoms with E-state index in [1.807, 2.05) is 152 Å². The zero-order chi connectivity index (χ0) is 44.5. The number of rotatable bonds is 23. The van der Waals surface area contributed by atoms with E-state index in [1.165, 1.54) is 0 Å². The van der Waals surface area contributed by atoms with Crippen molar-refractivity contribution in [2.75, 3.05) is 28.4 Å². The van der Waals surface area contributed by atoms with Crippen molar-refractivity contribution in [2.24, 2.45) is 0 Å². The minimum Gasteiger partial charge on any atom is -0.497 e. The molecule has 0 amide bonds. The van der Waals surface area contributed by atoms with Gasteiger partial charge in [0.1, 0.15) is 97.1 Å². The van der Waals surface area contributed by atoms with Crippen molar-refractivity contribution in [3.63, 3.8) is 0 Å². The molecule has 0 heterocycles. The van der Waals surface area contributed by atoms with Crippen molar-refractivity contribution < 1.29 is 47.4 Å². The van der Waals surface area contributed by atoms with E-state index in [-0.39, 0.29) is 13.2 Å². The summed E-state index contributed by atoms with van der Waals surface area (Å²) in [6.07, 6.45) is 0.795. The van der Waals surface area contributed by atoms with Gasteiger partial charge in [-0.3, -0.25) is 0 Å². The molecule has 0 N–H and O–H groups in total. The smallest absolute Gasteiger partial charge is 0.123 e. The van der Waals surface area contributed by atoms with Crippen molar-refractivity contribution in [1.82, 2.24) is 0 Å². The number of hydrogen-bond donors (Lipinski definition) is 0. The van der Waals surface area contributed by atoms with Gasteiger partial charge in [-0.15, -0.1) is 0 Å². The SMILES string of the molecule is CCc1cc(OCc2cc(OCc3ccc(OC)cc3)cc(OCc3ccc(OC)cc3)c2)cc(OCc2cc(OCc3ccc(OC)cc3)cc(OCc3ccc(OC)cc3)c2)c1. The number of benzene rings is 7. The van der Waals surface area contributed by atoms with Gasteiger partial charge in [0.2, 0.25) is 0 Å². The Morgan fingerprint density at radius 2 is 0.438 bits per heavy atom. The van der Waals surface area contributed by atoms with E-state index in [2.05, 4.69) is 6.92 Å². The second-order valence-electron chi connectivity index (χ2n) is 14.9. The van der Waals surface area contributed by atoms with Crippen LogP contribution in [-0.4, -0.2) is 28.4 Å². The fourth-order valence-corrected chi connectivity index (χ4v) is 6.65. The highest BCUT2D eigenvalue weighted by Gasteiger charge is 2.11. The molecule has 0 bridgehead atoms. The van der Waals surface area contributed by atoms with Gasteiger partial charge in [-0.1, -0.05) is 55.5 Å². The number of hydrogen-bond acceptors (Lipinski definition) is 10. The van der Waals surface area contributed by atoms with Crippen LogP contribution in [0.4, 0.5) is 0 Å². The number of aryl methyl sites for hydroxylation is 1. The van der Waals surface area contributed by atoms with Crippen LogP contribution >= 0.6 is 0 Å². The summed E-state index contributed by atoms with van der Waals surface area (Å²) >= 11 is 0. The van der Waals surface area contributed by atoms with Crippen molar-refractivity contribution in [3.05, 3.63) is 191 Å². The molecule has 7 aromatic rings. The van der Waals surface area contributed by atoms with Crippen LogP contribution in [-0.2, 0) is 46.1 Å². The highest BCUT2D eigenvalue weighted by atomic mass is 16.5. The van der Waals surface area contributed by atoms with Crippen molar-refractivity contribution >= 4 is 0 Å². The molecular formula is C54H54O10. The normalized spacial score (nSPS) is 10.7. The van der Waals surface area contributed by atoms with Crippen LogP contribution < -0.4 is 47.4 Å². The Hall–Kier alpha value is -7.46. The summed E-state index contributed by atoms with van der Waals surface area (Å²) in [6.45, 7) is 4.15. The molecule has 0 saturated carbocycles. The fraction of sp³-hybridized carbons (Fsp3) is 0.222. The first-order valence-corrected chi connectivity index (χ1v) is 21.1. The van der Waals surface area contributed by atoms with Crippen LogP contribution in [0.2, 0.25) is 0 Å². The summed E-state index contributed by atoms with van der Waals surface area (Å²) < 4.78 is 59.3. The molecule has 0 aromatic heterocycles. The highest BCUT2D eigenvalue weighted by Crippen LogP contribution is 2.31. The van der Waals surface area contributed by atoms with Gasteiger partial charge in [-0.05, 0) is 130 Å². The van der Waals surface area contributed by atoms with Gasteiger partial charge < -0.3 is 47.4 Å². The third-order valence-electron chi connectivity index (χ3n) is 10.3. The zero-order valence-electron chi connectivity index (χ0n) is 37.0. The molecule has 330 valence electrons. The average Bonchev–Trinajstić information content (AvgIpc) is 3.35. The van der Waals surface area contributed by atoms with E-state index in [0.29, 0.717) is 60.9 Å². The highest BCUT2D eigenvalue weighted by molar-refractivity contribution is 5.43. The summed E-state index contributed by atoms with van der Waals surface area (Å²) in [7, 11) is 6.61. The summed E-state index contributed by atoms with van der Waals surface area (Å²) in [5.74, 6) is 7.17. The number of methoxy groups -OCH3 is 4. The van der Waals surface area contributed by atoms with Crippen LogP contribution in [0.3, 0.4) is 0 Å². The molecule has 0 aliphatic heterocycles. The Morgan fingerprint density at radius 1 is 0.234 bits per heavy atom. The van der Waals surface area contributed by atoms with E-state index in [0.717, 1.165) is 68.4 Å². The van der Waals surface area contributed by atoms with Gasteiger partial charge in [-0.25, -0.2) is 0 Å². The average molecular weight is 863 g/mol. The van der Waals surface area contributed by atoms with Crippen LogP contribution in [0.25, 0.3) is 0 Å². The zero-order valence-corrected chi connectivity index (χ0v) is 37.0. The van der Waals surface area contributed by atoms with Gasteiger partial charge in [0.05, 0.1) is 28.4 Å². The first-order valence-electron chi connectivity index (χ1n) is 21.1. The van der Waals surface area contributed by atoms with E-state index < -0.39 is 0 Å². The molecule has 7 rings (SSSR count). The molecule has 0 spiro atoms. The maximum Gasteiger partial charge on any atom is 0.123 e. The Bertz CT molecular complexity index is 2210. The lowest BCUT2D eigenvalue weighted by Gasteiger charge is -2.16. The maximum atomic E-state index is 6.45. The van der Waals surface area contributed by atoms with Gasteiger partial charge in [0, 0.05) is 18.2 Å². The Morgan fingerprint density at radius 3 is 0.641 bits per heavy atom. The lowest BCUT2D eigenvalue weighted by atomic mass is 10.1. The quantitative estimate of drug-likeness (QED) is 0.0619. The molecule has 10 heteroatoms. The summed E-state index contributed by atoms with van der Waals surface area (Å²) in [5, 5.41) is 0. The van der Waals surface area contributed by atoms with Crippen molar-refractivity contribution in [1.29, 1.82) is 0 Å². The third-order valence-corrected chi connectivity index (χ3v) is 10.3. The Kier molecular flexibility index (Phi) is 15.7.